The second kappa shape index (κ2) is 7.40. The van der Waals surface area contributed by atoms with E-state index in [1.165, 1.54) is 6.20 Å². The zero-order valence-electron chi connectivity index (χ0n) is 13.6. The number of aromatic nitrogens is 1. The number of hydrogen-bond acceptors (Lipinski definition) is 4. The van der Waals surface area contributed by atoms with Gasteiger partial charge in [-0.1, -0.05) is 18.2 Å². The van der Waals surface area contributed by atoms with Crippen molar-refractivity contribution in [2.24, 2.45) is 0 Å². The van der Waals surface area contributed by atoms with Gasteiger partial charge in [0, 0.05) is 23.1 Å². The van der Waals surface area contributed by atoms with Crippen LogP contribution in [0.3, 0.4) is 0 Å². The molecule has 1 amide bonds. The van der Waals surface area contributed by atoms with Crippen LogP contribution in [-0.4, -0.2) is 16.9 Å². The average Bonchev–Trinajstić information content (AvgIpc) is 2.64. The molecular weight excluding hydrogens is 316 g/mol. The average molecular weight is 332 g/mol. The number of ether oxygens (including phenoxy) is 1. The largest absolute Gasteiger partial charge is 0.423 e. The van der Waals surface area contributed by atoms with Crippen molar-refractivity contribution in [2.45, 2.75) is 6.92 Å². The lowest BCUT2D eigenvalue weighted by molar-refractivity contribution is 0.0734. The Morgan fingerprint density at radius 3 is 2.24 bits per heavy atom. The van der Waals surface area contributed by atoms with Gasteiger partial charge in [0.05, 0.1) is 5.56 Å². The molecule has 124 valence electrons. The van der Waals surface area contributed by atoms with E-state index in [1.807, 2.05) is 13.0 Å². The van der Waals surface area contributed by atoms with Crippen molar-refractivity contribution in [3.05, 3.63) is 89.7 Å². The quantitative estimate of drug-likeness (QED) is 0.582. The number of aryl methyl sites for hydroxylation is 1. The predicted molar refractivity (Wildman–Crippen MR) is 94.8 cm³/mol. The van der Waals surface area contributed by atoms with Crippen molar-refractivity contribution in [1.82, 2.24) is 4.98 Å². The number of benzene rings is 2. The first-order valence-corrected chi connectivity index (χ1v) is 7.73. The summed E-state index contributed by atoms with van der Waals surface area (Å²) in [5, 5.41) is 2.79. The molecule has 1 N–H and O–H groups in total. The van der Waals surface area contributed by atoms with Gasteiger partial charge in [0.15, 0.2) is 0 Å². The molecule has 0 saturated carbocycles. The summed E-state index contributed by atoms with van der Waals surface area (Å²) in [5.41, 5.74) is 2.40. The third-order valence-electron chi connectivity index (χ3n) is 3.51. The summed E-state index contributed by atoms with van der Waals surface area (Å²) in [6.07, 6.45) is 1.48. The number of anilines is 1. The van der Waals surface area contributed by atoms with E-state index in [2.05, 4.69) is 10.3 Å². The van der Waals surface area contributed by atoms with Crippen LogP contribution in [-0.2, 0) is 0 Å². The third-order valence-corrected chi connectivity index (χ3v) is 3.51. The van der Waals surface area contributed by atoms with E-state index in [1.54, 1.807) is 60.7 Å². The van der Waals surface area contributed by atoms with E-state index in [0.717, 1.165) is 5.69 Å². The van der Waals surface area contributed by atoms with Gasteiger partial charge >= 0.3 is 5.97 Å². The van der Waals surface area contributed by atoms with Gasteiger partial charge in [-0.05, 0) is 55.5 Å². The summed E-state index contributed by atoms with van der Waals surface area (Å²) in [4.78, 5) is 28.2. The lowest BCUT2D eigenvalue weighted by Crippen LogP contribution is -2.12. The molecule has 0 radical (unpaired) electrons. The maximum Gasteiger partial charge on any atom is 0.345 e. The van der Waals surface area contributed by atoms with Crippen molar-refractivity contribution >= 4 is 17.6 Å². The number of carbonyl (C=O) groups excluding carboxylic acids is 2. The molecule has 0 unspecified atom stereocenters. The smallest absolute Gasteiger partial charge is 0.345 e. The molecule has 0 aliphatic rings. The Hall–Kier alpha value is -3.47. The highest BCUT2D eigenvalue weighted by molar-refractivity contribution is 6.04. The van der Waals surface area contributed by atoms with Crippen LogP contribution in [0, 0.1) is 6.92 Å². The zero-order chi connectivity index (χ0) is 17.6. The van der Waals surface area contributed by atoms with Crippen molar-refractivity contribution in [3.63, 3.8) is 0 Å². The van der Waals surface area contributed by atoms with Crippen LogP contribution < -0.4 is 10.1 Å². The van der Waals surface area contributed by atoms with Gasteiger partial charge in [-0.3, -0.25) is 9.78 Å². The molecule has 0 aliphatic heterocycles. The highest BCUT2D eigenvalue weighted by Crippen LogP contribution is 2.18. The fourth-order valence-corrected chi connectivity index (χ4v) is 2.15. The molecule has 25 heavy (non-hydrogen) atoms. The van der Waals surface area contributed by atoms with Crippen molar-refractivity contribution in [1.29, 1.82) is 0 Å². The topological polar surface area (TPSA) is 68.3 Å². The SMILES string of the molecule is Cc1ccc(C(=O)Oc2ccc(NC(=O)c3ccccc3)cc2)cn1. The number of pyridine rings is 1. The third kappa shape index (κ3) is 4.29. The summed E-state index contributed by atoms with van der Waals surface area (Å²) in [5.74, 6) is -0.284. The fraction of sp³-hybridized carbons (Fsp3) is 0.0500. The van der Waals surface area contributed by atoms with E-state index < -0.39 is 5.97 Å². The van der Waals surface area contributed by atoms with Crippen LogP contribution in [0.4, 0.5) is 5.69 Å². The Bertz CT molecular complexity index is 873. The van der Waals surface area contributed by atoms with E-state index in [9.17, 15) is 9.59 Å². The Morgan fingerprint density at radius 2 is 1.60 bits per heavy atom. The minimum absolute atomic E-state index is 0.198. The first-order valence-electron chi connectivity index (χ1n) is 7.73. The second-order valence-corrected chi connectivity index (χ2v) is 5.42. The van der Waals surface area contributed by atoms with E-state index in [-0.39, 0.29) is 5.91 Å². The Balaban J connectivity index is 1.63. The lowest BCUT2D eigenvalue weighted by Gasteiger charge is -2.07. The van der Waals surface area contributed by atoms with Crippen LogP contribution in [0.2, 0.25) is 0 Å². The summed E-state index contributed by atoms with van der Waals surface area (Å²) < 4.78 is 5.29. The first kappa shape index (κ1) is 16.4. The molecule has 5 nitrogen and oxygen atoms in total. The van der Waals surface area contributed by atoms with E-state index in [0.29, 0.717) is 22.6 Å². The molecule has 1 heterocycles. The van der Waals surface area contributed by atoms with Crippen LogP contribution in [0.25, 0.3) is 0 Å². The number of esters is 1. The maximum absolute atomic E-state index is 12.1. The summed E-state index contributed by atoms with van der Waals surface area (Å²) in [6.45, 7) is 1.84. The standard InChI is InChI=1S/C20H16N2O3/c1-14-7-8-16(13-21-14)20(24)25-18-11-9-17(10-12-18)22-19(23)15-5-3-2-4-6-15/h2-13H,1H3,(H,22,23). The van der Waals surface area contributed by atoms with Gasteiger partial charge in [-0.25, -0.2) is 4.79 Å². The Labute approximate surface area is 145 Å². The molecule has 0 fully saturated rings. The maximum atomic E-state index is 12.1. The van der Waals surface area contributed by atoms with Crippen LogP contribution in [0.15, 0.2) is 72.9 Å². The van der Waals surface area contributed by atoms with Gasteiger partial charge in [-0.2, -0.15) is 0 Å². The fourth-order valence-electron chi connectivity index (χ4n) is 2.15. The molecule has 2 aromatic carbocycles. The molecule has 0 saturated heterocycles. The van der Waals surface area contributed by atoms with Gasteiger partial charge in [0.2, 0.25) is 0 Å². The summed E-state index contributed by atoms with van der Waals surface area (Å²) in [7, 11) is 0. The minimum atomic E-state index is -0.478. The van der Waals surface area contributed by atoms with Crippen LogP contribution in [0.1, 0.15) is 26.4 Å². The van der Waals surface area contributed by atoms with E-state index >= 15 is 0 Å². The number of amides is 1. The Kier molecular flexibility index (Phi) is 4.85. The number of rotatable bonds is 4. The van der Waals surface area contributed by atoms with Gasteiger partial charge in [-0.15, -0.1) is 0 Å². The van der Waals surface area contributed by atoms with Crippen LogP contribution >= 0.6 is 0 Å². The molecule has 3 rings (SSSR count). The molecule has 5 heteroatoms. The monoisotopic (exact) mass is 332 g/mol. The predicted octanol–water partition coefficient (Wildman–Crippen LogP) is 3.86. The number of nitrogens with one attached hydrogen (secondary N) is 1. The first-order chi connectivity index (χ1) is 12.1. The normalized spacial score (nSPS) is 10.1. The lowest BCUT2D eigenvalue weighted by atomic mass is 10.2. The molecule has 0 atom stereocenters. The molecule has 3 aromatic rings. The number of hydrogen-bond donors (Lipinski definition) is 1. The Morgan fingerprint density at radius 1 is 0.880 bits per heavy atom. The van der Waals surface area contributed by atoms with Crippen molar-refractivity contribution < 1.29 is 14.3 Å². The summed E-state index contributed by atoms with van der Waals surface area (Å²) >= 11 is 0. The second-order valence-electron chi connectivity index (χ2n) is 5.42. The molecule has 0 spiro atoms. The van der Waals surface area contributed by atoms with Gasteiger partial charge in [0.25, 0.3) is 5.91 Å². The molecule has 0 bridgehead atoms. The number of nitrogens with zero attached hydrogens (tertiary/aromatic N) is 1. The highest BCUT2D eigenvalue weighted by atomic mass is 16.5. The number of carbonyl (C=O) groups is 2. The van der Waals surface area contributed by atoms with E-state index in [4.69, 9.17) is 4.74 Å². The molecule has 1 aromatic heterocycles. The zero-order valence-corrected chi connectivity index (χ0v) is 13.6. The highest BCUT2D eigenvalue weighted by Gasteiger charge is 2.09. The molecular formula is C20H16N2O3. The minimum Gasteiger partial charge on any atom is -0.423 e. The van der Waals surface area contributed by atoms with Gasteiger partial charge in [0.1, 0.15) is 5.75 Å². The van der Waals surface area contributed by atoms with Crippen molar-refractivity contribution in [2.75, 3.05) is 5.32 Å². The summed E-state index contributed by atoms with van der Waals surface area (Å²) in [6, 6.07) is 19.0. The van der Waals surface area contributed by atoms with Gasteiger partial charge < -0.3 is 10.1 Å². The molecule has 0 aliphatic carbocycles. The van der Waals surface area contributed by atoms with Crippen molar-refractivity contribution in [3.8, 4) is 5.75 Å². The van der Waals surface area contributed by atoms with Crippen LogP contribution in [0.5, 0.6) is 5.75 Å².